The van der Waals surface area contributed by atoms with Crippen LogP contribution in [0.2, 0.25) is 0 Å². The first-order chi connectivity index (χ1) is 8.22. The van der Waals surface area contributed by atoms with Gasteiger partial charge in [0.15, 0.2) is 0 Å². The summed E-state index contributed by atoms with van der Waals surface area (Å²) >= 11 is 0. The van der Waals surface area contributed by atoms with Crippen molar-refractivity contribution in [2.45, 2.75) is 45.4 Å². The molecule has 17 heavy (non-hydrogen) atoms. The van der Waals surface area contributed by atoms with Gasteiger partial charge in [0.05, 0.1) is 12.2 Å². The van der Waals surface area contributed by atoms with Gasteiger partial charge in [0.1, 0.15) is 0 Å². The molecular weight excluding hydrogens is 210 g/mol. The summed E-state index contributed by atoms with van der Waals surface area (Å²) in [6.45, 7) is 7.63. The summed E-state index contributed by atoms with van der Waals surface area (Å²) in [5.74, 6) is 0.562. The zero-order valence-corrected chi connectivity index (χ0v) is 11.0. The smallest absolute Gasteiger partial charge is 0.0982 e. The Bertz CT molecular complexity index is 336. The van der Waals surface area contributed by atoms with Crippen molar-refractivity contribution >= 4 is 0 Å². The Kier molecular flexibility index (Phi) is 4.19. The molecule has 0 aromatic heterocycles. The largest absolute Gasteiger partial charge is 0.367 e. The van der Waals surface area contributed by atoms with E-state index in [9.17, 15) is 0 Å². The molecule has 2 nitrogen and oxygen atoms in total. The molecular formula is C15H23NO. The quantitative estimate of drug-likeness (QED) is 0.866. The predicted octanol–water partition coefficient (Wildman–Crippen LogP) is 3.15. The second-order valence-electron chi connectivity index (χ2n) is 5.17. The Hall–Kier alpha value is -0.860. The molecule has 1 aliphatic rings. The minimum Gasteiger partial charge on any atom is -0.367 e. The number of ether oxygens (including phenoxy) is 1. The van der Waals surface area contributed by atoms with Gasteiger partial charge < -0.3 is 10.1 Å². The lowest BCUT2D eigenvalue weighted by Gasteiger charge is -2.39. The number of nitrogens with one attached hydrogen (secondary N) is 1. The van der Waals surface area contributed by atoms with Crippen molar-refractivity contribution in [1.82, 2.24) is 5.32 Å². The number of rotatable bonds is 3. The summed E-state index contributed by atoms with van der Waals surface area (Å²) < 4.78 is 6.27. The maximum absolute atomic E-state index is 6.27. The molecule has 3 unspecified atom stereocenters. The highest BCUT2D eigenvalue weighted by Crippen LogP contribution is 2.29. The molecule has 3 atom stereocenters. The molecule has 1 heterocycles. The molecule has 2 rings (SSSR count). The Morgan fingerprint density at radius 2 is 2.00 bits per heavy atom. The maximum Gasteiger partial charge on any atom is 0.0982 e. The van der Waals surface area contributed by atoms with Crippen molar-refractivity contribution in [3.63, 3.8) is 0 Å². The summed E-state index contributed by atoms with van der Waals surface area (Å²) in [4.78, 5) is 0. The normalized spacial score (nSPS) is 29.5. The molecule has 0 saturated carbocycles. The van der Waals surface area contributed by atoms with Crippen LogP contribution in [-0.2, 0) is 4.74 Å². The third-order valence-electron chi connectivity index (χ3n) is 3.58. The van der Waals surface area contributed by atoms with Crippen molar-refractivity contribution < 1.29 is 4.74 Å². The molecule has 0 radical (unpaired) electrons. The second kappa shape index (κ2) is 5.65. The van der Waals surface area contributed by atoms with Gasteiger partial charge in [-0.2, -0.15) is 0 Å². The molecule has 1 N–H and O–H groups in total. The predicted molar refractivity (Wildman–Crippen MR) is 71.0 cm³/mol. The van der Waals surface area contributed by atoms with Gasteiger partial charge in [-0.15, -0.1) is 0 Å². The van der Waals surface area contributed by atoms with Crippen LogP contribution in [0.1, 0.15) is 38.9 Å². The summed E-state index contributed by atoms with van der Waals surface area (Å²) in [7, 11) is 0. The van der Waals surface area contributed by atoms with E-state index in [1.165, 1.54) is 5.56 Å². The van der Waals surface area contributed by atoms with Crippen LogP contribution in [0, 0.1) is 5.92 Å². The second-order valence-corrected chi connectivity index (χ2v) is 5.17. The third-order valence-corrected chi connectivity index (χ3v) is 3.58. The fraction of sp³-hybridized carbons (Fsp3) is 0.600. The Morgan fingerprint density at radius 1 is 1.29 bits per heavy atom. The van der Waals surface area contributed by atoms with Crippen LogP contribution in [0.5, 0.6) is 0 Å². The highest BCUT2D eigenvalue weighted by Gasteiger charge is 2.31. The SMILES string of the molecule is CCC1NCC(C(C)C)OC1c1ccccc1. The minimum atomic E-state index is 0.197. The van der Waals surface area contributed by atoms with Crippen molar-refractivity contribution in [1.29, 1.82) is 0 Å². The molecule has 0 amide bonds. The summed E-state index contributed by atoms with van der Waals surface area (Å²) in [5.41, 5.74) is 1.29. The van der Waals surface area contributed by atoms with Crippen LogP contribution in [-0.4, -0.2) is 18.7 Å². The van der Waals surface area contributed by atoms with E-state index < -0.39 is 0 Å². The average Bonchev–Trinajstić information content (AvgIpc) is 2.39. The van der Waals surface area contributed by atoms with Gasteiger partial charge in [-0.3, -0.25) is 0 Å². The highest BCUT2D eigenvalue weighted by atomic mass is 16.5. The molecule has 2 heteroatoms. The van der Waals surface area contributed by atoms with Gasteiger partial charge in [-0.05, 0) is 17.9 Å². The Labute approximate surface area is 104 Å². The molecule has 1 aliphatic heterocycles. The van der Waals surface area contributed by atoms with Crippen LogP contribution in [0.25, 0.3) is 0 Å². The Morgan fingerprint density at radius 3 is 2.59 bits per heavy atom. The number of hydrogen-bond acceptors (Lipinski definition) is 2. The zero-order valence-electron chi connectivity index (χ0n) is 11.0. The van der Waals surface area contributed by atoms with E-state index in [0.717, 1.165) is 13.0 Å². The van der Waals surface area contributed by atoms with Gasteiger partial charge in [0, 0.05) is 12.6 Å². The molecule has 1 fully saturated rings. The van der Waals surface area contributed by atoms with Gasteiger partial charge in [-0.1, -0.05) is 51.1 Å². The van der Waals surface area contributed by atoms with E-state index in [-0.39, 0.29) is 6.10 Å². The number of benzene rings is 1. The average molecular weight is 233 g/mol. The van der Waals surface area contributed by atoms with E-state index in [0.29, 0.717) is 18.1 Å². The first-order valence-corrected chi connectivity index (χ1v) is 6.66. The van der Waals surface area contributed by atoms with E-state index in [1.54, 1.807) is 0 Å². The Balaban J connectivity index is 2.16. The summed E-state index contributed by atoms with van der Waals surface area (Å²) in [6.07, 6.45) is 1.62. The molecule has 1 aromatic carbocycles. The van der Waals surface area contributed by atoms with Crippen molar-refractivity contribution in [3.8, 4) is 0 Å². The fourth-order valence-electron chi connectivity index (χ4n) is 2.41. The maximum atomic E-state index is 6.27. The van der Waals surface area contributed by atoms with Gasteiger partial charge in [-0.25, -0.2) is 0 Å². The van der Waals surface area contributed by atoms with Crippen LogP contribution in [0.3, 0.4) is 0 Å². The molecule has 0 bridgehead atoms. The lowest BCUT2D eigenvalue weighted by atomic mass is 9.95. The molecule has 1 aromatic rings. The van der Waals surface area contributed by atoms with Crippen LogP contribution < -0.4 is 5.32 Å². The van der Waals surface area contributed by atoms with E-state index in [1.807, 2.05) is 0 Å². The number of hydrogen-bond donors (Lipinski definition) is 1. The van der Waals surface area contributed by atoms with E-state index in [4.69, 9.17) is 4.74 Å². The van der Waals surface area contributed by atoms with Gasteiger partial charge in [0.2, 0.25) is 0 Å². The van der Waals surface area contributed by atoms with E-state index >= 15 is 0 Å². The molecule has 0 aliphatic carbocycles. The number of morpholine rings is 1. The van der Waals surface area contributed by atoms with Crippen molar-refractivity contribution in [2.24, 2.45) is 5.92 Å². The van der Waals surface area contributed by atoms with E-state index in [2.05, 4.69) is 56.4 Å². The zero-order chi connectivity index (χ0) is 12.3. The monoisotopic (exact) mass is 233 g/mol. The fourth-order valence-corrected chi connectivity index (χ4v) is 2.41. The van der Waals surface area contributed by atoms with Gasteiger partial charge in [0.25, 0.3) is 0 Å². The van der Waals surface area contributed by atoms with Crippen LogP contribution in [0.4, 0.5) is 0 Å². The first kappa shape index (κ1) is 12.6. The third kappa shape index (κ3) is 2.88. The topological polar surface area (TPSA) is 21.3 Å². The summed E-state index contributed by atoms with van der Waals surface area (Å²) in [5, 5.41) is 3.62. The minimum absolute atomic E-state index is 0.197. The van der Waals surface area contributed by atoms with Crippen molar-refractivity contribution in [2.75, 3.05) is 6.54 Å². The molecule has 0 spiro atoms. The lowest BCUT2D eigenvalue weighted by Crippen LogP contribution is -2.49. The van der Waals surface area contributed by atoms with Crippen molar-refractivity contribution in [3.05, 3.63) is 35.9 Å². The lowest BCUT2D eigenvalue weighted by molar-refractivity contribution is -0.0847. The van der Waals surface area contributed by atoms with Crippen LogP contribution >= 0.6 is 0 Å². The first-order valence-electron chi connectivity index (χ1n) is 6.66. The standard InChI is InChI=1S/C15H23NO/c1-4-13-15(12-8-6-5-7-9-12)17-14(10-16-13)11(2)3/h5-9,11,13-16H,4,10H2,1-3H3. The van der Waals surface area contributed by atoms with Gasteiger partial charge >= 0.3 is 0 Å². The molecule has 94 valence electrons. The summed E-state index contributed by atoms with van der Waals surface area (Å²) in [6, 6.07) is 11.0. The highest BCUT2D eigenvalue weighted by molar-refractivity contribution is 5.20. The van der Waals surface area contributed by atoms with Crippen LogP contribution in [0.15, 0.2) is 30.3 Å². The molecule has 1 saturated heterocycles.